The number of aliphatic hydroxyl groups excluding tert-OH is 1. The Balaban J connectivity index is 1.50. The highest BCUT2D eigenvalue weighted by atomic mass is 16.3. The van der Waals surface area contributed by atoms with E-state index in [1.165, 1.54) is 0 Å². The van der Waals surface area contributed by atoms with Crippen molar-refractivity contribution < 1.29 is 9.90 Å². The standard InChI is InChI=1S/C24H25NO2/c26-22(18-10-4-1-5-11-18)17-16-21-23(19-12-6-2-7-13-19)25(24(21)27)20-14-8-3-9-15-20/h1-12,14-15,19,21-23,26H,13,16-17H2/t19?,21-,22+,23-/m1/s1. The van der Waals surface area contributed by atoms with Crippen molar-refractivity contribution in [2.75, 3.05) is 4.90 Å². The van der Waals surface area contributed by atoms with Crippen LogP contribution in [0.4, 0.5) is 5.69 Å². The van der Waals surface area contributed by atoms with Crippen molar-refractivity contribution in [3.05, 3.63) is 90.5 Å². The molecule has 1 amide bonds. The van der Waals surface area contributed by atoms with E-state index in [0.29, 0.717) is 18.8 Å². The second-order valence-electron chi connectivity index (χ2n) is 7.36. The Labute approximate surface area is 160 Å². The third-order valence-corrected chi connectivity index (χ3v) is 5.69. The van der Waals surface area contributed by atoms with Crippen LogP contribution in [0.3, 0.4) is 0 Å². The number of hydrogen-bond donors (Lipinski definition) is 1. The van der Waals surface area contributed by atoms with E-state index in [-0.39, 0.29) is 17.9 Å². The molecule has 27 heavy (non-hydrogen) atoms. The Morgan fingerprint density at radius 3 is 2.37 bits per heavy atom. The zero-order valence-corrected chi connectivity index (χ0v) is 15.3. The van der Waals surface area contributed by atoms with Gasteiger partial charge in [0.25, 0.3) is 0 Å². The Kier molecular flexibility index (Phi) is 5.21. The lowest BCUT2D eigenvalue weighted by molar-refractivity contribution is -0.131. The van der Waals surface area contributed by atoms with Crippen LogP contribution in [0.15, 0.2) is 85.0 Å². The summed E-state index contributed by atoms with van der Waals surface area (Å²) in [6.45, 7) is 0. The molecule has 1 aliphatic heterocycles. The smallest absolute Gasteiger partial charge is 0.232 e. The van der Waals surface area contributed by atoms with Gasteiger partial charge in [0.1, 0.15) is 0 Å². The van der Waals surface area contributed by atoms with E-state index in [4.69, 9.17) is 0 Å². The van der Waals surface area contributed by atoms with Crippen LogP contribution >= 0.6 is 0 Å². The number of nitrogens with zero attached hydrogens (tertiary/aromatic N) is 1. The zero-order chi connectivity index (χ0) is 18.6. The van der Waals surface area contributed by atoms with Gasteiger partial charge in [0, 0.05) is 11.6 Å². The largest absolute Gasteiger partial charge is 0.388 e. The summed E-state index contributed by atoms with van der Waals surface area (Å²) in [4.78, 5) is 14.9. The molecule has 0 spiro atoms. The number of aliphatic hydroxyl groups is 1. The van der Waals surface area contributed by atoms with E-state index < -0.39 is 6.10 Å². The summed E-state index contributed by atoms with van der Waals surface area (Å²) in [5.74, 6) is 0.464. The second-order valence-corrected chi connectivity index (χ2v) is 7.36. The van der Waals surface area contributed by atoms with Crippen LogP contribution in [0.1, 0.15) is 30.9 Å². The van der Waals surface area contributed by atoms with E-state index in [2.05, 4.69) is 24.3 Å². The maximum Gasteiger partial charge on any atom is 0.232 e. The summed E-state index contributed by atoms with van der Waals surface area (Å²) >= 11 is 0. The van der Waals surface area contributed by atoms with Crippen LogP contribution in [-0.4, -0.2) is 17.1 Å². The molecule has 2 aromatic carbocycles. The maximum absolute atomic E-state index is 13.0. The number of β-lactam (4-membered cyclic amide) rings is 1. The molecular formula is C24H25NO2. The minimum atomic E-state index is -0.521. The third kappa shape index (κ3) is 3.60. The molecule has 0 bridgehead atoms. The average molecular weight is 359 g/mol. The Bertz CT molecular complexity index is 828. The van der Waals surface area contributed by atoms with Gasteiger partial charge in [-0.05, 0) is 37.0 Å². The molecule has 0 radical (unpaired) electrons. The number of carbonyl (C=O) groups is 1. The summed E-state index contributed by atoms with van der Waals surface area (Å²) in [5.41, 5.74) is 1.89. The normalized spacial score (nSPS) is 25.3. The van der Waals surface area contributed by atoms with Crippen molar-refractivity contribution in [2.45, 2.75) is 31.4 Å². The van der Waals surface area contributed by atoms with Gasteiger partial charge in [-0.15, -0.1) is 0 Å². The predicted molar refractivity (Wildman–Crippen MR) is 108 cm³/mol. The quantitative estimate of drug-likeness (QED) is 0.762. The molecular weight excluding hydrogens is 334 g/mol. The number of para-hydroxylation sites is 1. The molecule has 0 saturated carbocycles. The van der Waals surface area contributed by atoms with Crippen molar-refractivity contribution in [1.29, 1.82) is 0 Å². The van der Waals surface area contributed by atoms with Crippen LogP contribution in [0.2, 0.25) is 0 Å². The minimum Gasteiger partial charge on any atom is -0.388 e. The van der Waals surface area contributed by atoms with Crippen molar-refractivity contribution >= 4 is 11.6 Å². The number of carbonyl (C=O) groups excluding carboxylic acids is 1. The van der Waals surface area contributed by atoms with E-state index in [1.807, 2.05) is 65.6 Å². The molecule has 4 rings (SSSR count). The van der Waals surface area contributed by atoms with E-state index in [1.54, 1.807) is 0 Å². The fraction of sp³-hybridized carbons (Fsp3) is 0.292. The maximum atomic E-state index is 13.0. The fourth-order valence-corrected chi connectivity index (χ4v) is 4.27. The molecule has 3 heteroatoms. The van der Waals surface area contributed by atoms with E-state index >= 15 is 0 Å². The lowest BCUT2D eigenvalue weighted by Crippen LogP contribution is -2.64. The minimum absolute atomic E-state index is 0.0373. The number of allylic oxidation sites excluding steroid dienone is 3. The van der Waals surface area contributed by atoms with Crippen LogP contribution in [-0.2, 0) is 4.79 Å². The number of anilines is 1. The summed E-state index contributed by atoms with van der Waals surface area (Å²) in [6.07, 6.45) is 10.3. The number of amides is 1. The van der Waals surface area contributed by atoms with Gasteiger partial charge in [0.2, 0.25) is 5.91 Å². The van der Waals surface area contributed by atoms with Crippen LogP contribution in [0, 0.1) is 11.8 Å². The molecule has 1 fully saturated rings. The lowest BCUT2D eigenvalue weighted by atomic mass is 9.73. The predicted octanol–water partition coefficient (Wildman–Crippen LogP) is 4.66. The molecule has 1 heterocycles. The summed E-state index contributed by atoms with van der Waals surface area (Å²) < 4.78 is 0. The zero-order valence-electron chi connectivity index (χ0n) is 15.3. The molecule has 2 aliphatic rings. The molecule has 2 aromatic rings. The third-order valence-electron chi connectivity index (χ3n) is 5.69. The Morgan fingerprint density at radius 2 is 1.70 bits per heavy atom. The van der Waals surface area contributed by atoms with Crippen LogP contribution in [0.25, 0.3) is 0 Å². The van der Waals surface area contributed by atoms with E-state index in [0.717, 1.165) is 17.7 Å². The highest BCUT2D eigenvalue weighted by molar-refractivity contribution is 6.03. The molecule has 1 unspecified atom stereocenters. The first kappa shape index (κ1) is 17.7. The van der Waals surface area contributed by atoms with Crippen molar-refractivity contribution in [3.8, 4) is 0 Å². The molecule has 138 valence electrons. The highest BCUT2D eigenvalue weighted by Crippen LogP contribution is 2.42. The van der Waals surface area contributed by atoms with Crippen LogP contribution in [0.5, 0.6) is 0 Å². The van der Waals surface area contributed by atoms with Gasteiger partial charge in [-0.2, -0.15) is 0 Å². The SMILES string of the molecule is O=C1[C@H](CC[C@H](O)c2ccccc2)[C@@H](C2C=CC=CC2)N1c1ccccc1. The first-order valence-corrected chi connectivity index (χ1v) is 9.70. The number of benzene rings is 2. The molecule has 0 aromatic heterocycles. The summed E-state index contributed by atoms with van der Waals surface area (Å²) in [6, 6.07) is 19.8. The Morgan fingerprint density at radius 1 is 1.00 bits per heavy atom. The van der Waals surface area contributed by atoms with Crippen LogP contribution < -0.4 is 4.90 Å². The fourth-order valence-electron chi connectivity index (χ4n) is 4.27. The monoisotopic (exact) mass is 359 g/mol. The van der Waals surface area contributed by atoms with Gasteiger partial charge >= 0.3 is 0 Å². The lowest BCUT2D eigenvalue weighted by Gasteiger charge is -2.50. The molecule has 1 aliphatic carbocycles. The Hall–Kier alpha value is -2.65. The van der Waals surface area contributed by atoms with Gasteiger partial charge in [-0.25, -0.2) is 0 Å². The number of rotatable bonds is 6. The van der Waals surface area contributed by atoms with Gasteiger partial charge in [-0.3, -0.25) is 4.79 Å². The topological polar surface area (TPSA) is 40.5 Å². The van der Waals surface area contributed by atoms with Crippen molar-refractivity contribution in [3.63, 3.8) is 0 Å². The molecule has 1 saturated heterocycles. The second kappa shape index (κ2) is 7.93. The van der Waals surface area contributed by atoms with E-state index in [9.17, 15) is 9.90 Å². The highest BCUT2D eigenvalue weighted by Gasteiger charge is 2.50. The van der Waals surface area contributed by atoms with Gasteiger partial charge < -0.3 is 10.0 Å². The van der Waals surface area contributed by atoms with Crippen molar-refractivity contribution in [1.82, 2.24) is 0 Å². The molecule has 4 atom stereocenters. The molecule has 3 nitrogen and oxygen atoms in total. The van der Waals surface area contributed by atoms with Gasteiger partial charge in [-0.1, -0.05) is 72.8 Å². The van der Waals surface area contributed by atoms with Gasteiger partial charge in [0.05, 0.1) is 18.1 Å². The molecule has 1 N–H and O–H groups in total. The number of hydrogen-bond acceptors (Lipinski definition) is 2. The summed E-state index contributed by atoms with van der Waals surface area (Å²) in [5, 5.41) is 10.5. The van der Waals surface area contributed by atoms with Crippen molar-refractivity contribution in [2.24, 2.45) is 11.8 Å². The first-order chi connectivity index (χ1) is 13.3. The average Bonchev–Trinajstić information content (AvgIpc) is 2.73. The van der Waals surface area contributed by atoms with Gasteiger partial charge in [0.15, 0.2) is 0 Å². The first-order valence-electron chi connectivity index (χ1n) is 9.70. The summed E-state index contributed by atoms with van der Waals surface area (Å²) in [7, 11) is 0.